The number of fused-ring (bicyclic) bond motifs is 1. The highest BCUT2D eigenvalue weighted by Gasteiger charge is 2.15. The first-order valence-electron chi connectivity index (χ1n) is 9.86. The lowest BCUT2D eigenvalue weighted by Gasteiger charge is -2.08. The number of rotatable bonds is 9. The molecule has 0 atom stereocenters. The van der Waals surface area contributed by atoms with E-state index in [0.29, 0.717) is 13.0 Å². The fraction of sp³-hybridized carbons (Fsp3) is 0.304. The summed E-state index contributed by atoms with van der Waals surface area (Å²) in [7, 11) is 0. The zero-order valence-electron chi connectivity index (χ0n) is 16.5. The monoisotopic (exact) mass is 396 g/mol. The number of H-pyrrole nitrogens is 1. The lowest BCUT2D eigenvalue weighted by molar-refractivity contribution is -0.144. The van der Waals surface area contributed by atoms with Crippen molar-refractivity contribution in [3.05, 3.63) is 59.9 Å². The number of carbonyl (C=O) groups is 2. The molecule has 1 aromatic heterocycles. The van der Waals surface area contributed by atoms with Crippen LogP contribution in [0, 0.1) is 5.82 Å². The SMILES string of the molecule is CCCCOC(=O)CNC(=O)CCc1c(-c2ccccc2)[nH]c2ccc(F)cc12. The zero-order chi connectivity index (χ0) is 20.6. The summed E-state index contributed by atoms with van der Waals surface area (Å²) in [6.45, 7) is 2.24. The summed E-state index contributed by atoms with van der Waals surface area (Å²) in [5, 5.41) is 3.35. The van der Waals surface area contributed by atoms with Gasteiger partial charge in [-0.2, -0.15) is 0 Å². The molecule has 0 aliphatic rings. The summed E-state index contributed by atoms with van der Waals surface area (Å²) in [5.74, 6) is -1.01. The van der Waals surface area contributed by atoms with Crippen LogP contribution in [-0.4, -0.2) is 30.0 Å². The molecule has 0 unspecified atom stereocenters. The molecule has 1 heterocycles. The number of ether oxygens (including phenoxy) is 1. The molecule has 0 spiro atoms. The summed E-state index contributed by atoms with van der Waals surface area (Å²) in [4.78, 5) is 27.2. The van der Waals surface area contributed by atoms with Gasteiger partial charge in [-0.15, -0.1) is 0 Å². The van der Waals surface area contributed by atoms with Crippen LogP contribution in [0.3, 0.4) is 0 Å². The highest BCUT2D eigenvalue weighted by atomic mass is 19.1. The molecular weight excluding hydrogens is 371 g/mol. The average Bonchev–Trinajstić information content (AvgIpc) is 3.09. The number of esters is 1. The Labute approximate surface area is 169 Å². The van der Waals surface area contributed by atoms with Gasteiger partial charge in [-0.1, -0.05) is 43.7 Å². The third-order valence-corrected chi connectivity index (χ3v) is 4.72. The van der Waals surface area contributed by atoms with Crippen molar-refractivity contribution in [1.29, 1.82) is 0 Å². The number of hydrogen-bond donors (Lipinski definition) is 2. The largest absolute Gasteiger partial charge is 0.464 e. The van der Waals surface area contributed by atoms with Crippen LogP contribution >= 0.6 is 0 Å². The van der Waals surface area contributed by atoms with E-state index >= 15 is 0 Å². The van der Waals surface area contributed by atoms with Crippen LogP contribution in [0.15, 0.2) is 48.5 Å². The van der Waals surface area contributed by atoms with E-state index in [0.717, 1.165) is 40.6 Å². The van der Waals surface area contributed by atoms with E-state index < -0.39 is 5.97 Å². The number of benzene rings is 2. The van der Waals surface area contributed by atoms with Crippen molar-refractivity contribution in [1.82, 2.24) is 10.3 Å². The number of amides is 1. The molecule has 29 heavy (non-hydrogen) atoms. The number of unbranched alkanes of at least 4 members (excludes halogenated alkanes) is 1. The predicted molar refractivity (Wildman–Crippen MR) is 111 cm³/mol. The van der Waals surface area contributed by atoms with Crippen LogP contribution in [0.5, 0.6) is 0 Å². The fourth-order valence-corrected chi connectivity index (χ4v) is 3.21. The molecule has 0 saturated heterocycles. The van der Waals surface area contributed by atoms with Gasteiger partial charge in [-0.25, -0.2) is 4.39 Å². The molecule has 1 amide bonds. The number of hydrogen-bond acceptors (Lipinski definition) is 3. The van der Waals surface area contributed by atoms with E-state index in [4.69, 9.17) is 4.74 Å². The Morgan fingerprint density at radius 3 is 2.69 bits per heavy atom. The van der Waals surface area contributed by atoms with Gasteiger partial charge in [0.1, 0.15) is 12.4 Å². The third-order valence-electron chi connectivity index (χ3n) is 4.72. The molecule has 3 rings (SSSR count). The Hall–Kier alpha value is -3.15. The lowest BCUT2D eigenvalue weighted by atomic mass is 10.0. The first-order valence-corrected chi connectivity index (χ1v) is 9.86. The van der Waals surface area contributed by atoms with Crippen molar-refractivity contribution in [3.63, 3.8) is 0 Å². The maximum Gasteiger partial charge on any atom is 0.325 e. The minimum atomic E-state index is -0.439. The van der Waals surface area contributed by atoms with Gasteiger partial charge in [0.2, 0.25) is 5.91 Å². The molecule has 0 bridgehead atoms. The summed E-state index contributed by atoms with van der Waals surface area (Å²) in [6, 6.07) is 14.3. The molecule has 0 fully saturated rings. The van der Waals surface area contributed by atoms with E-state index in [1.54, 1.807) is 6.07 Å². The van der Waals surface area contributed by atoms with Gasteiger partial charge in [0.15, 0.2) is 0 Å². The highest BCUT2D eigenvalue weighted by molar-refractivity contribution is 5.91. The van der Waals surface area contributed by atoms with Gasteiger partial charge in [-0.05, 0) is 42.2 Å². The standard InChI is InChI=1S/C23H25FN2O3/c1-2-3-13-29-22(28)15-25-21(27)12-10-18-19-14-17(24)9-11-20(19)26-23(18)16-7-5-4-6-8-16/h4-9,11,14,26H,2-3,10,12-13,15H2,1H3,(H,25,27). The van der Waals surface area contributed by atoms with Gasteiger partial charge in [0.25, 0.3) is 0 Å². The number of carbonyl (C=O) groups excluding carboxylic acids is 2. The Kier molecular flexibility index (Phi) is 7.00. The molecule has 5 nitrogen and oxygen atoms in total. The molecule has 2 aromatic carbocycles. The number of aryl methyl sites for hydroxylation is 1. The summed E-state index contributed by atoms with van der Waals surface area (Å²) < 4.78 is 18.9. The Morgan fingerprint density at radius 1 is 1.14 bits per heavy atom. The molecular formula is C23H25FN2O3. The van der Waals surface area contributed by atoms with E-state index in [1.807, 2.05) is 37.3 Å². The van der Waals surface area contributed by atoms with Crippen molar-refractivity contribution in [3.8, 4) is 11.3 Å². The first kappa shape index (κ1) is 20.6. The van der Waals surface area contributed by atoms with E-state index in [-0.39, 0.29) is 24.7 Å². The van der Waals surface area contributed by atoms with E-state index in [1.165, 1.54) is 12.1 Å². The van der Waals surface area contributed by atoms with Crippen molar-refractivity contribution in [2.75, 3.05) is 13.2 Å². The molecule has 0 radical (unpaired) electrons. The maximum atomic E-state index is 13.8. The number of aromatic amines is 1. The highest BCUT2D eigenvalue weighted by Crippen LogP contribution is 2.31. The second-order valence-electron chi connectivity index (χ2n) is 6.89. The number of halogens is 1. The molecule has 0 saturated carbocycles. The average molecular weight is 396 g/mol. The van der Waals surface area contributed by atoms with Crippen molar-refractivity contribution in [2.24, 2.45) is 0 Å². The van der Waals surface area contributed by atoms with E-state index in [2.05, 4.69) is 10.3 Å². The smallest absolute Gasteiger partial charge is 0.325 e. The topological polar surface area (TPSA) is 71.2 Å². The molecule has 152 valence electrons. The van der Waals surface area contributed by atoms with Crippen LogP contribution in [0.4, 0.5) is 4.39 Å². The summed E-state index contributed by atoms with van der Waals surface area (Å²) in [6.07, 6.45) is 2.35. The van der Waals surface area contributed by atoms with Crippen molar-refractivity contribution < 1.29 is 18.7 Å². The molecule has 6 heteroatoms. The molecule has 3 aromatic rings. The van der Waals surface area contributed by atoms with Crippen molar-refractivity contribution >= 4 is 22.8 Å². The van der Waals surface area contributed by atoms with Gasteiger partial charge < -0.3 is 15.0 Å². The van der Waals surface area contributed by atoms with Gasteiger partial charge in [-0.3, -0.25) is 9.59 Å². The predicted octanol–water partition coefficient (Wildman–Crippen LogP) is 4.37. The fourth-order valence-electron chi connectivity index (χ4n) is 3.21. The maximum absolute atomic E-state index is 13.8. The van der Waals surface area contributed by atoms with Crippen LogP contribution < -0.4 is 5.32 Å². The van der Waals surface area contributed by atoms with Crippen molar-refractivity contribution in [2.45, 2.75) is 32.6 Å². The third kappa shape index (κ3) is 5.44. The van der Waals surface area contributed by atoms with Gasteiger partial charge in [0.05, 0.1) is 6.61 Å². The minimum absolute atomic E-state index is 0.142. The van der Waals surface area contributed by atoms with Crippen LogP contribution in [-0.2, 0) is 20.7 Å². The minimum Gasteiger partial charge on any atom is -0.464 e. The number of aromatic nitrogens is 1. The quantitative estimate of drug-likeness (QED) is 0.417. The molecule has 0 aliphatic carbocycles. The Morgan fingerprint density at radius 2 is 1.93 bits per heavy atom. The second kappa shape index (κ2) is 9.87. The summed E-state index contributed by atoms with van der Waals surface area (Å²) in [5.41, 5.74) is 3.54. The lowest BCUT2D eigenvalue weighted by Crippen LogP contribution is -2.30. The normalized spacial score (nSPS) is 10.8. The van der Waals surface area contributed by atoms with Gasteiger partial charge in [0, 0.05) is 23.0 Å². The molecule has 2 N–H and O–H groups in total. The van der Waals surface area contributed by atoms with Crippen LogP contribution in [0.1, 0.15) is 31.7 Å². The Bertz CT molecular complexity index is 982. The summed E-state index contributed by atoms with van der Waals surface area (Å²) >= 11 is 0. The van der Waals surface area contributed by atoms with E-state index in [9.17, 15) is 14.0 Å². The first-order chi connectivity index (χ1) is 14.1. The second-order valence-corrected chi connectivity index (χ2v) is 6.89. The van der Waals surface area contributed by atoms with Crippen LogP contribution in [0.25, 0.3) is 22.2 Å². The van der Waals surface area contributed by atoms with Crippen LogP contribution in [0.2, 0.25) is 0 Å². The van der Waals surface area contributed by atoms with Gasteiger partial charge >= 0.3 is 5.97 Å². The zero-order valence-corrected chi connectivity index (χ0v) is 16.5. The molecule has 0 aliphatic heterocycles. The Balaban J connectivity index is 1.70. The number of nitrogens with one attached hydrogen (secondary N) is 2.